The second kappa shape index (κ2) is 6.40. The topological polar surface area (TPSA) is 81.5 Å². The second-order valence-electron chi connectivity index (χ2n) is 4.27. The minimum atomic E-state index is -0.741. The summed E-state index contributed by atoms with van der Waals surface area (Å²) in [6, 6.07) is 7.80. The molecule has 0 aliphatic rings. The number of rotatable bonds is 4. The van der Waals surface area contributed by atoms with Crippen LogP contribution >= 0.6 is 11.6 Å². The number of nitro benzene ring substituents is 1. The zero-order chi connectivity index (χ0) is 16.3. The van der Waals surface area contributed by atoms with E-state index in [0.29, 0.717) is 0 Å². The zero-order valence-corrected chi connectivity index (χ0v) is 12.1. The van der Waals surface area contributed by atoms with Crippen molar-refractivity contribution in [3.8, 4) is 11.5 Å². The average molecular weight is 325 g/mol. The molecule has 2 aromatic rings. The number of nitrogens with zero attached hydrogens (tertiary/aromatic N) is 1. The SMILES string of the molecule is CC(=O)Nc1cc(Oc2ccccc2[N+](=O)[O-])c(Cl)cc1F. The summed E-state index contributed by atoms with van der Waals surface area (Å²) in [7, 11) is 0. The van der Waals surface area contributed by atoms with Crippen molar-refractivity contribution in [2.45, 2.75) is 6.92 Å². The Morgan fingerprint density at radius 2 is 2.00 bits per heavy atom. The van der Waals surface area contributed by atoms with Crippen molar-refractivity contribution in [3.63, 3.8) is 0 Å². The van der Waals surface area contributed by atoms with Crippen LogP contribution in [-0.2, 0) is 4.79 Å². The number of anilines is 1. The highest BCUT2D eigenvalue weighted by Crippen LogP contribution is 2.37. The van der Waals surface area contributed by atoms with Crippen molar-refractivity contribution in [2.75, 3.05) is 5.32 Å². The number of carbonyl (C=O) groups is 1. The van der Waals surface area contributed by atoms with E-state index in [2.05, 4.69) is 5.32 Å². The van der Waals surface area contributed by atoms with Gasteiger partial charge in [-0.05, 0) is 12.1 Å². The normalized spacial score (nSPS) is 10.1. The minimum absolute atomic E-state index is 0.0129. The van der Waals surface area contributed by atoms with Crippen molar-refractivity contribution >= 4 is 28.9 Å². The second-order valence-corrected chi connectivity index (χ2v) is 4.68. The van der Waals surface area contributed by atoms with Gasteiger partial charge in [0, 0.05) is 19.1 Å². The molecule has 114 valence electrons. The van der Waals surface area contributed by atoms with Crippen LogP contribution in [-0.4, -0.2) is 10.8 Å². The lowest BCUT2D eigenvalue weighted by atomic mass is 10.2. The fourth-order valence-corrected chi connectivity index (χ4v) is 1.89. The first-order valence-electron chi connectivity index (χ1n) is 6.06. The summed E-state index contributed by atoms with van der Waals surface area (Å²) in [4.78, 5) is 21.4. The molecular weight excluding hydrogens is 315 g/mol. The standard InChI is InChI=1S/C14H10ClFN2O4/c1-8(19)17-11-7-14(9(15)6-10(11)16)22-13-5-3-2-4-12(13)18(20)21/h2-7H,1H3,(H,17,19). The number of para-hydroxylation sites is 2. The lowest BCUT2D eigenvalue weighted by Gasteiger charge is -2.11. The van der Waals surface area contributed by atoms with E-state index < -0.39 is 16.6 Å². The molecule has 0 aromatic heterocycles. The van der Waals surface area contributed by atoms with Crippen molar-refractivity contribution in [3.05, 3.63) is 57.4 Å². The minimum Gasteiger partial charge on any atom is -0.448 e. The summed E-state index contributed by atoms with van der Waals surface area (Å²) in [5, 5.41) is 13.1. The number of hydrogen-bond acceptors (Lipinski definition) is 4. The number of ether oxygens (including phenoxy) is 1. The number of benzene rings is 2. The molecule has 0 atom stereocenters. The van der Waals surface area contributed by atoms with Crippen LogP contribution < -0.4 is 10.1 Å². The van der Waals surface area contributed by atoms with Crippen molar-refractivity contribution in [1.82, 2.24) is 0 Å². The van der Waals surface area contributed by atoms with Crippen LogP contribution in [0.1, 0.15) is 6.92 Å². The Kier molecular flexibility index (Phi) is 4.57. The van der Waals surface area contributed by atoms with E-state index in [1.54, 1.807) is 6.07 Å². The molecule has 6 nitrogen and oxygen atoms in total. The first kappa shape index (κ1) is 15.7. The maximum atomic E-state index is 13.7. The molecule has 8 heteroatoms. The van der Waals surface area contributed by atoms with Gasteiger partial charge in [0.25, 0.3) is 0 Å². The molecule has 1 N–H and O–H groups in total. The van der Waals surface area contributed by atoms with Crippen LogP contribution in [0.4, 0.5) is 15.8 Å². The lowest BCUT2D eigenvalue weighted by Crippen LogP contribution is -2.07. The highest BCUT2D eigenvalue weighted by atomic mass is 35.5. The fraction of sp³-hybridized carbons (Fsp3) is 0.0714. The van der Waals surface area contributed by atoms with Crippen LogP contribution in [0.2, 0.25) is 5.02 Å². The summed E-state index contributed by atoms with van der Waals surface area (Å²) in [5.41, 5.74) is -0.394. The van der Waals surface area contributed by atoms with Gasteiger partial charge in [0.1, 0.15) is 11.6 Å². The van der Waals surface area contributed by atoms with Gasteiger partial charge < -0.3 is 10.1 Å². The predicted molar refractivity (Wildman–Crippen MR) is 78.9 cm³/mol. The van der Waals surface area contributed by atoms with Crippen LogP contribution in [0, 0.1) is 15.9 Å². The molecule has 0 aliphatic heterocycles. The van der Waals surface area contributed by atoms with Crippen LogP contribution in [0.15, 0.2) is 36.4 Å². The monoisotopic (exact) mass is 324 g/mol. The molecule has 22 heavy (non-hydrogen) atoms. The highest BCUT2D eigenvalue weighted by molar-refractivity contribution is 6.32. The van der Waals surface area contributed by atoms with Crippen molar-refractivity contribution < 1.29 is 18.8 Å². The molecule has 0 spiro atoms. The molecule has 0 radical (unpaired) electrons. The summed E-state index contributed by atoms with van der Waals surface area (Å²) < 4.78 is 19.1. The number of nitro groups is 1. The van der Waals surface area contributed by atoms with E-state index >= 15 is 0 Å². The van der Waals surface area contributed by atoms with Gasteiger partial charge in [-0.2, -0.15) is 0 Å². The summed E-state index contributed by atoms with van der Waals surface area (Å²) in [5.74, 6) is -1.27. The van der Waals surface area contributed by atoms with Gasteiger partial charge in [-0.1, -0.05) is 23.7 Å². The molecule has 0 saturated carbocycles. The maximum Gasteiger partial charge on any atom is 0.311 e. The number of hydrogen-bond donors (Lipinski definition) is 1. The molecular formula is C14H10ClFN2O4. The van der Waals surface area contributed by atoms with Gasteiger partial charge in [0.15, 0.2) is 0 Å². The van der Waals surface area contributed by atoms with Crippen LogP contribution in [0.25, 0.3) is 0 Å². The molecule has 1 amide bonds. The highest BCUT2D eigenvalue weighted by Gasteiger charge is 2.17. The number of halogens is 2. The molecule has 0 saturated heterocycles. The van der Waals surface area contributed by atoms with E-state index in [0.717, 1.165) is 12.1 Å². The lowest BCUT2D eigenvalue weighted by molar-refractivity contribution is -0.385. The first-order chi connectivity index (χ1) is 10.4. The number of nitrogens with one attached hydrogen (secondary N) is 1. The van der Waals surface area contributed by atoms with E-state index in [9.17, 15) is 19.3 Å². The van der Waals surface area contributed by atoms with Gasteiger partial charge in [0.2, 0.25) is 11.7 Å². The first-order valence-corrected chi connectivity index (χ1v) is 6.44. The smallest absolute Gasteiger partial charge is 0.311 e. The van der Waals surface area contributed by atoms with Gasteiger partial charge in [-0.25, -0.2) is 4.39 Å². The van der Waals surface area contributed by atoms with Crippen molar-refractivity contribution in [2.24, 2.45) is 0 Å². The van der Waals surface area contributed by atoms with E-state index in [1.807, 2.05) is 0 Å². The van der Waals surface area contributed by atoms with Crippen LogP contribution in [0.5, 0.6) is 11.5 Å². The molecule has 0 unspecified atom stereocenters. The van der Waals surface area contributed by atoms with E-state index in [-0.39, 0.29) is 27.9 Å². The molecule has 2 rings (SSSR count). The molecule has 0 fully saturated rings. The Bertz CT molecular complexity index is 752. The molecule has 0 bridgehead atoms. The Balaban J connectivity index is 2.41. The Morgan fingerprint density at radius 1 is 1.32 bits per heavy atom. The maximum absolute atomic E-state index is 13.7. The van der Waals surface area contributed by atoms with Crippen LogP contribution in [0.3, 0.4) is 0 Å². The quantitative estimate of drug-likeness (QED) is 0.677. The zero-order valence-electron chi connectivity index (χ0n) is 11.3. The summed E-state index contributed by atoms with van der Waals surface area (Å²) in [6.45, 7) is 1.22. The molecule has 0 heterocycles. The average Bonchev–Trinajstić information content (AvgIpc) is 2.44. The molecule has 2 aromatic carbocycles. The number of carbonyl (C=O) groups excluding carboxylic acids is 1. The van der Waals surface area contributed by atoms with E-state index in [1.165, 1.54) is 25.1 Å². The van der Waals surface area contributed by atoms with Gasteiger partial charge in [-0.3, -0.25) is 14.9 Å². The Labute approximate surface area is 129 Å². The Morgan fingerprint density at radius 3 is 2.64 bits per heavy atom. The third-order valence-electron chi connectivity index (χ3n) is 2.61. The Hall–Kier alpha value is -2.67. The largest absolute Gasteiger partial charge is 0.448 e. The molecule has 0 aliphatic carbocycles. The van der Waals surface area contributed by atoms with E-state index in [4.69, 9.17) is 16.3 Å². The third kappa shape index (κ3) is 3.50. The van der Waals surface area contributed by atoms with Gasteiger partial charge in [-0.15, -0.1) is 0 Å². The summed E-state index contributed by atoms with van der Waals surface area (Å²) >= 11 is 5.87. The van der Waals surface area contributed by atoms with Crippen molar-refractivity contribution in [1.29, 1.82) is 0 Å². The number of amides is 1. The summed E-state index contributed by atoms with van der Waals surface area (Å²) in [6.07, 6.45) is 0. The fourth-order valence-electron chi connectivity index (χ4n) is 1.71. The van der Waals surface area contributed by atoms with Gasteiger partial charge in [0.05, 0.1) is 15.6 Å². The third-order valence-corrected chi connectivity index (χ3v) is 2.91. The predicted octanol–water partition coefficient (Wildman–Crippen LogP) is 4.14. The van der Waals surface area contributed by atoms with Gasteiger partial charge >= 0.3 is 5.69 Å².